The van der Waals surface area contributed by atoms with E-state index in [0.29, 0.717) is 18.3 Å². The van der Waals surface area contributed by atoms with Gasteiger partial charge in [-0.1, -0.05) is 11.2 Å². The molecule has 2 aromatic rings. The highest BCUT2D eigenvalue weighted by atomic mass is 16.5. The van der Waals surface area contributed by atoms with Gasteiger partial charge in [0.25, 0.3) is 0 Å². The Bertz CT molecular complexity index is 575. The number of methoxy groups -OCH3 is 1. The largest absolute Gasteiger partial charge is 0.497 e. The van der Waals surface area contributed by atoms with Gasteiger partial charge in [0.1, 0.15) is 5.75 Å². The molecule has 108 valence electrons. The lowest BCUT2D eigenvalue weighted by atomic mass is 10.1. The SMILES string of the molecule is COc1cccc(N(C)Cc2nc(C(C)(C)N)no2)c1. The smallest absolute Gasteiger partial charge is 0.246 e. The summed E-state index contributed by atoms with van der Waals surface area (Å²) in [5.41, 5.74) is 6.34. The van der Waals surface area contributed by atoms with E-state index >= 15 is 0 Å². The first-order valence-corrected chi connectivity index (χ1v) is 6.37. The van der Waals surface area contributed by atoms with E-state index in [1.807, 2.05) is 50.1 Å². The van der Waals surface area contributed by atoms with Crippen LogP contribution >= 0.6 is 0 Å². The first kappa shape index (κ1) is 14.3. The van der Waals surface area contributed by atoms with E-state index in [9.17, 15) is 0 Å². The van der Waals surface area contributed by atoms with Crippen LogP contribution in [0.25, 0.3) is 0 Å². The number of rotatable bonds is 5. The second-order valence-electron chi connectivity index (χ2n) is 5.29. The van der Waals surface area contributed by atoms with Crippen molar-refractivity contribution in [2.75, 3.05) is 19.1 Å². The molecule has 0 saturated carbocycles. The molecule has 0 amide bonds. The lowest BCUT2D eigenvalue weighted by Crippen LogP contribution is -2.30. The molecule has 0 aliphatic carbocycles. The molecule has 6 nitrogen and oxygen atoms in total. The Morgan fingerprint density at radius 2 is 2.15 bits per heavy atom. The number of hydrogen-bond acceptors (Lipinski definition) is 6. The minimum atomic E-state index is -0.601. The van der Waals surface area contributed by atoms with Crippen molar-refractivity contribution in [3.05, 3.63) is 36.0 Å². The van der Waals surface area contributed by atoms with Gasteiger partial charge in [-0.15, -0.1) is 0 Å². The standard InChI is InChI=1S/C14H20N4O2/c1-14(2,15)13-16-12(20-17-13)9-18(3)10-6-5-7-11(8-10)19-4/h5-8H,9,15H2,1-4H3. The fourth-order valence-corrected chi connectivity index (χ4v) is 1.72. The van der Waals surface area contributed by atoms with Crippen LogP contribution in [0.4, 0.5) is 5.69 Å². The summed E-state index contributed by atoms with van der Waals surface area (Å²) in [4.78, 5) is 6.32. The van der Waals surface area contributed by atoms with Gasteiger partial charge in [-0.2, -0.15) is 4.98 Å². The van der Waals surface area contributed by atoms with E-state index in [0.717, 1.165) is 11.4 Å². The van der Waals surface area contributed by atoms with Crippen LogP contribution in [-0.4, -0.2) is 24.3 Å². The summed E-state index contributed by atoms with van der Waals surface area (Å²) in [6.07, 6.45) is 0. The number of anilines is 1. The van der Waals surface area contributed by atoms with Crippen LogP contribution in [0.3, 0.4) is 0 Å². The van der Waals surface area contributed by atoms with Crippen molar-refractivity contribution in [2.24, 2.45) is 5.73 Å². The molecule has 0 bridgehead atoms. The summed E-state index contributed by atoms with van der Waals surface area (Å²) in [6, 6.07) is 7.78. The molecule has 2 N–H and O–H groups in total. The zero-order valence-corrected chi connectivity index (χ0v) is 12.3. The van der Waals surface area contributed by atoms with Crippen molar-refractivity contribution in [1.29, 1.82) is 0 Å². The molecule has 0 fully saturated rings. The second kappa shape index (κ2) is 5.50. The number of benzene rings is 1. The van der Waals surface area contributed by atoms with Gasteiger partial charge >= 0.3 is 0 Å². The molecule has 0 atom stereocenters. The molecule has 0 saturated heterocycles. The van der Waals surface area contributed by atoms with E-state index < -0.39 is 5.54 Å². The molecule has 6 heteroatoms. The third kappa shape index (κ3) is 3.27. The van der Waals surface area contributed by atoms with E-state index in [2.05, 4.69) is 10.1 Å². The number of nitrogens with zero attached hydrogens (tertiary/aromatic N) is 3. The molecule has 0 radical (unpaired) electrons. The molecule has 0 aliphatic heterocycles. The van der Waals surface area contributed by atoms with Crippen LogP contribution in [0.2, 0.25) is 0 Å². The summed E-state index contributed by atoms with van der Waals surface area (Å²) < 4.78 is 10.4. The predicted molar refractivity (Wildman–Crippen MR) is 76.6 cm³/mol. The Kier molecular flexibility index (Phi) is 3.94. The van der Waals surface area contributed by atoms with E-state index in [1.54, 1.807) is 7.11 Å². The summed E-state index contributed by atoms with van der Waals surface area (Å²) in [6.45, 7) is 4.19. The zero-order chi connectivity index (χ0) is 14.8. The van der Waals surface area contributed by atoms with E-state index in [-0.39, 0.29) is 0 Å². The monoisotopic (exact) mass is 276 g/mol. The van der Waals surface area contributed by atoms with Crippen molar-refractivity contribution < 1.29 is 9.26 Å². The van der Waals surface area contributed by atoms with Gasteiger partial charge in [0, 0.05) is 18.8 Å². The van der Waals surface area contributed by atoms with Crippen LogP contribution in [0.1, 0.15) is 25.6 Å². The lowest BCUT2D eigenvalue weighted by molar-refractivity contribution is 0.360. The average molecular weight is 276 g/mol. The Labute approximate surface area is 118 Å². The van der Waals surface area contributed by atoms with E-state index in [1.165, 1.54) is 0 Å². The first-order chi connectivity index (χ1) is 9.40. The maximum absolute atomic E-state index is 5.93. The Morgan fingerprint density at radius 1 is 1.40 bits per heavy atom. The Balaban J connectivity index is 2.11. The normalized spacial score (nSPS) is 11.4. The molecule has 0 unspecified atom stereocenters. The summed E-state index contributed by atoms with van der Waals surface area (Å²) in [7, 11) is 3.60. The third-order valence-corrected chi connectivity index (χ3v) is 2.91. The summed E-state index contributed by atoms with van der Waals surface area (Å²) in [5, 5.41) is 3.91. The van der Waals surface area contributed by atoms with Crippen LogP contribution in [0.15, 0.2) is 28.8 Å². The molecule has 2 rings (SSSR count). The topological polar surface area (TPSA) is 77.4 Å². The second-order valence-corrected chi connectivity index (χ2v) is 5.29. The van der Waals surface area contributed by atoms with Crippen LogP contribution in [-0.2, 0) is 12.1 Å². The van der Waals surface area contributed by atoms with Gasteiger partial charge in [0.05, 0.1) is 19.2 Å². The van der Waals surface area contributed by atoms with Crippen LogP contribution < -0.4 is 15.4 Å². The Hall–Kier alpha value is -2.08. The fraction of sp³-hybridized carbons (Fsp3) is 0.429. The number of hydrogen-bond donors (Lipinski definition) is 1. The predicted octanol–water partition coefficient (Wildman–Crippen LogP) is 1.91. The third-order valence-electron chi connectivity index (χ3n) is 2.91. The average Bonchev–Trinajstić information content (AvgIpc) is 2.87. The quantitative estimate of drug-likeness (QED) is 0.898. The maximum atomic E-state index is 5.93. The van der Waals surface area contributed by atoms with Gasteiger partial charge in [0.15, 0.2) is 5.82 Å². The lowest BCUT2D eigenvalue weighted by Gasteiger charge is -2.17. The molecule has 1 aromatic carbocycles. The van der Waals surface area contributed by atoms with Crippen LogP contribution in [0.5, 0.6) is 5.75 Å². The molecule has 1 aromatic heterocycles. The van der Waals surface area contributed by atoms with Crippen molar-refractivity contribution in [2.45, 2.75) is 25.9 Å². The van der Waals surface area contributed by atoms with Gasteiger partial charge in [-0.3, -0.25) is 0 Å². The Morgan fingerprint density at radius 3 is 2.75 bits per heavy atom. The van der Waals surface area contributed by atoms with Gasteiger partial charge in [0.2, 0.25) is 5.89 Å². The highest BCUT2D eigenvalue weighted by Gasteiger charge is 2.21. The van der Waals surface area contributed by atoms with Gasteiger partial charge in [-0.25, -0.2) is 0 Å². The zero-order valence-electron chi connectivity index (χ0n) is 12.3. The highest BCUT2D eigenvalue weighted by molar-refractivity contribution is 5.49. The van der Waals surface area contributed by atoms with Gasteiger partial charge < -0.3 is 19.9 Å². The number of nitrogens with two attached hydrogens (primary N) is 1. The highest BCUT2D eigenvalue weighted by Crippen LogP contribution is 2.21. The first-order valence-electron chi connectivity index (χ1n) is 6.37. The fourth-order valence-electron chi connectivity index (χ4n) is 1.72. The molecular weight excluding hydrogens is 256 g/mol. The number of aromatic nitrogens is 2. The molecule has 0 aliphatic rings. The summed E-state index contributed by atoms with van der Waals surface area (Å²) in [5.74, 6) is 1.85. The molecule has 0 spiro atoms. The molecule has 20 heavy (non-hydrogen) atoms. The van der Waals surface area contributed by atoms with Crippen LogP contribution in [0, 0.1) is 0 Å². The number of ether oxygens (including phenoxy) is 1. The van der Waals surface area contributed by atoms with Crippen molar-refractivity contribution >= 4 is 5.69 Å². The van der Waals surface area contributed by atoms with Crippen molar-refractivity contribution in [3.8, 4) is 5.75 Å². The van der Waals surface area contributed by atoms with E-state index in [4.69, 9.17) is 15.0 Å². The minimum Gasteiger partial charge on any atom is -0.497 e. The van der Waals surface area contributed by atoms with Gasteiger partial charge in [-0.05, 0) is 26.0 Å². The van der Waals surface area contributed by atoms with Crippen molar-refractivity contribution in [3.63, 3.8) is 0 Å². The molecular formula is C14H20N4O2. The molecule has 1 heterocycles. The van der Waals surface area contributed by atoms with Crippen molar-refractivity contribution in [1.82, 2.24) is 10.1 Å². The minimum absolute atomic E-state index is 0.506. The maximum Gasteiger partial charge on any atom is 0.246 e. The summed E-state index contributed by atoms with van der Waals surface area (Å²) >= 11 is 0.